The first-order chi connectivity index (χ1) is 5.22. The summed E-state index contributed by atoms with van der Waals surface area (Å²) >= 11 is 0. The average Bonchev–Trinajstić information content (AvgIpc) is 1.97. The lowest BCUT2D eigenvalue weighted by atomic mass is 10.3. The van der Waals surface area contributed by atoms with Gasteiger partial charge in [-0.15, -0.1) is 0 Å². The molecule has 0 bridgehead atoms. The Morgan fingerprint density at radius 2 is 2.18 bits per heavy atom. The number of hydrogen-bond donors (Lipinski definition) is 0. The van der Waals surface area contributed by atoms with Crippen molar-refractivity contribution in [2.24, 2.45) is 0 Å². The molecule has 2 nitrogen and oxygen atoms in total. The number of carbonyl (C=O) groups is 1. The van der Waals surface area contributed by atoms with Gasteiger partial charge in [0.2, 0.25) is 5.91 Å². The maximum Gasteiger partial charge on any atom is 0.223 e. The Morgan fingerprint density at radius 1 is 1.55 bits per heavy atom. The standard InChI is InChI=1S/C9H17NO/c1-4-6-8-10(7-5-2)9(3)11/h5,7H,4,6,8H2,1-3H3/b7-5-. The summed E-state index contributed by atoms with van der Waals surface area (Å²) in [5.41, 5.74) is 0. The zero-order valence-corrected chi connectivity index (χ0v) is 7.63. The molecule has 0 fully saturated rings. The van der Waals surface area contributed by atoms with Gasteiger partial charge >= 0.3 is 0 Å². The first kappa shape index (κ1) is 10.2. The molecule has 0 atom stereocenters. The summed E-state index contributed by atoms with van der Waals surface area (Å²) in [5, 5.41) is 0. The van der Waals surface area contributed by atoms with E-state index in [0.717, 1.165) is 19.4 Å². The summed E-state index contributed by atoms with van der Waals surface area (Å²) < 4.78 is 0. The molecule has 11 heavy (non-hydrogen) atoms. The van der Waals surface area contributed by atoms with Crippen LogP contribution in [0.4, 0.5) is 0 Å². The van der Waals surface area contributed by atoms with E-state index in [1.807, 2.05) is 19.2 Å². The Bertz CT molecular complexity index is 140. The van der Waals surface area contributed by atoms with Crippen LogP contribution in [0.3, 0.4) is 0 Å². The second-order valence-electron chi connectivity index (χ2n) is 2.55. The van der Waals surface area contributed by atoms with Crippen LogP contribution in [0.1, 0.15) is 33.6 Å². The zero-order valence-electron chi connectivity index (χ0n) is 7.63. The van der Waals surface area contributed by atoms with Crippen LogP contribution in [-0.2, 0) is 4.79 Å². The zero-order chi connectivity index (χ0) is 8.69. The van der Waals surface area contributed by atoms with Crippen LogP contribution >= 0.6 is 0 Å². The molecule has 0 aliphatic carbocycles. The van der Waals surface area contributed by atoms with Gasteiger partial charge in [-0.2, -0.15) is 0 Å². The fourth-order valence-electron chi connectivity index (χ4n) is 0.845. The molecule has 64 valence electrons. The van der Waals surface area contributed by atoms with Crippen LogP contribution in [0.2, 0.25) is 0 Å². The summed E-state index contributed by atoms with van der Waals surface area (Å²) in [7, 11) is 0. The highest BCUT2D eigenvalue weighted by Crippen LogP contribution is 1.96. The Kier molecular flexibility index (Phi) is 5.53. The third-order valence-electron chi connectivity index (χ3n) is 1.49. The van der Waals surface area contributed by atoms with E-state index in [1.54, 1.807) is 11.8 Å². The van der Waals surface area contributed by atoms with Crippen molar-refractivity contribution in [1.29, 1.82) is 0 Å². The van der Waals surface area contributed by atoms with Crippen molar-refractivity contribution in [3.63, 3.8) is 0 Å². The number of unbranched alkanes of at least 4 members (excludes halogenated alkanes) is 1. The molecule has 0 spiro atoms. The van der Waals surface area contributed by atoms with Gasteiger partial charge in [0.1, 0.15) is 0 Å². The molecular weight excluding hydrogens is 138 g/mol. The minimum Gasteiger partial charge on any atom is -0.320 e. The van der Waals surface area contributed by atoms with Crippen LogP contribution in [0, 0.1) is 0 Å². The molecular formula is C9H17NO. The molecule has 0 unspecified atom stereocenters. The first-order valence-corrected chi connectivity index (χ1v) is 4.12. The molecule has 0 saturated heterocycles. The second kappa shape index (κ2) is 5.96. The lowest BCUT2D eigenvalue weighted by Gasteiger charge is -2.14. The molecule has 0 saturated carbocycles. The smallest absolute Gasteiger partial charge is 0.223 e. The highest BCUT2D eigenvalue weighted by molar-refractivity contribution is 5.74. The van der Waals surface area contributed by atoms with Crippen LogP contribution in [0.15, 0.2) is 12.3 Å². The lowest BCUT2D eigenvalue weighted by molar-refractivity contribution is -0.126. The van der Waals surface area contributed by atoms with E-state index < -0.39 is 0 Å². The van der Waals surface area contributed by atoms with Crippen molar-refractivity contribution in [2.45, 2.75) is 33.6 Å². The molecule has 0 rings (SSSR count). The number of allylic oxidation sites excluding steroid dienone is 1. The Labute approximate surface area is 68.9 Å². The lowest BCUT2D eigenvalue weighted by Crippen LogP contribution is -2.23. The monoisotopic (exact) mass is 155 g/mol. The number of nitrogens with zero attached hydrogens (tertiary/aromatic N) is 1. The van der Waals surface area contributed by atoms with Crippen LogP contribution in [-0.4, -0.2) is 17.4 Å². The van der Waals surface area contributed by atoms with Gasteiger partial charge < -0.3 is 4.90 Å². The Hall–Kier alpha value is -0.790. The molecule has 0 heterocycles. The second-order valence-corrected chi connectivity index (χ2v) is 2.55. The highest BCUT2D eigenvalue weighted by atomic mass is 16.2. The van der Waals surface area contributed by atoms with Gasteiger partial charge in [0, 0.05) is 19.7 Å². The molecule has 0 aliphatic heterocycles. The van der Waals surface area contributed by atoms with E-state index in [-0.39, 0.29) is 5.91 Å². The van der Waals surface area contributed by atoms with Crippen molar-refractivity contribution in [1.82, 2.24) is 4.90 Å². The Morgan fingerprint density at radius 3 is 2.55 bits per heavy atom. The molecule has 0 N–H and O–H groups in total. The average molecular weight is 155 g/mol. The van der Waals surface area contributed by atoms with E-state index in [0.29, 0.717) is 0 Å². The van der Waals surface area contributed by atoms with E-state index in [1.165, 1.54) is 0 Å². The SMILES string of the molecule is C/C=C\N(CCCC)C(C)=O. The van der Waals surface area contributed by atoms with Crippen molar-refractivity contribution in [3.8, 4) is 0 Å². The molecule has 0 aromatic heterocycles. The fourth-order valence-corrected chi connectivity index (χ4v) is 0.845. The summed E-state index contributed by atoms with van der Waals surface area (Å²) in [4.78, 5) is 12.7. The maximum atomic E-state index is 10.9. The molecule has 1 amide bonds. The van der Waals surface area contributed by atoms with Crippen molar-refractivity contribution < 1.29 is 4.79 Å². The molecule has 2 heteroatoms. The predicted octanol–water partition coefficient (Wildman–Crippen LogP) is 2.17. The number of rotatable bonds is 4. The summed E-state index contributed by atoms with van der Waals surface area (Å²) in [6.45, 7) is 6.47. The van der Waals surface area contributed by atoms with Crippen LogP contribution in [0.5, 0.6) is 0 Å². The maximum absolute atomic E-state index is 10.9. The largest absolute Gasteiger partial charge is 0.320 e. The summed E-state index contributed by atoms with van der Waals surface area (Å²) in [6, 6.07) is 0. The minimum atomic E-state index is 0.122. The van der Waals surface area contributed by atoms with E-state index in [9.17, 15) is 4.79 Å². The molecule has 0 aromatic rings. The molecule has 0 radical (unpaired) electrons. The third kappa shape index (κ3) is 4.59. The fraction of sp³-hybridized carbons (Fsp3) is 0.667. The topological polar surface area (TPSA) is 20.3 Å². The van der Waals surface area contributed by atoms with Crippen molar-refractivity contribution in [3.05, 3.63) is 12.3 Å². The van der Waals surface area contributed by atoms with Gasteiger partial charge in [0.15, 0.2) is 0 Å². The van der Waals surface area contributed by atoms with Crippen LogP contribution < -0.4 is 0 Å². The number of amides is 1. The van der Waals surface area contributed by atoms with E-state index >= 15 is 0 Å². The molecule has 0 aromatic carbocycles. The molecule has 0 aliphatic rings. The van der Waals surface area contributed by atoms with Gasteiger partial charge in [0.25, 0.3) is 0 Å². The van der Waals surface area contributed by atoms with Gasteiger partial charge in [-0.1, -0.05) is 19.4 Å². The quantitative estimate of drug-likeness (QED) is 0.609. The Balaban J connectivity index is 3.79. The van der Waals surface area contributed by atoms with E-state index in [2.05, 4.69) is 6.92 Å². The third-order valence-corrected chi connectivity index (χ3v) is 1.49. The van der Waals surface area contributed by atoms with Gasteiger partial charge in [-0.25, -0.2) is 0 Å². The van der Waals surface area contributed by atoms with Crippen molar-refractivity contribution >= 4 is 5.91 Å². The highest BCUT2D eigenvalue weighted by Gasteiger charge is 2.01. The van der Waals surface area contributed by atoms with Gasteiger partial charge in [0.05, 0.1) is 0 Å². The summed E-state index contributed by atoms with van der Waals surface area (Å²) in [6.07, 6.45) is 5.92. The normalized spacial score (nSPS) is 10.5. The number of hydrogen-bond acceptors (Lipinski definition) is 1. The van der Waals surface area contributed by atoms with Gasteiger partial charge in [-0.05, 0) is 13.3 Å². The van der Waals surface area contributed by atoms with Gasteiger partial charge in [-0.3, -0.25) is 4.79 Å². The number of carbonyl (C=O) groups excluding carboxylic acids is 1. The minimum absolute atomic E-state index is 0.122. The summed E-state index contributed by atoms with van der Waals surface area (Å²) in [5.74, 6) is 0.122. The van der Waals surface area contributed by atoms with E-state index in [4.69, 9.17) is 0 Å². The first-order valence-electron chi connectivity index (χ1n) is 4.12. The van der Waals surface area contributed by atoms with Crippen molar-refractivity contribution in [2.75, 3.05) is 6.54 Å². The predicted molar refractivity (Wildman–Crippen MR) is 47.1 cm³/mol. The van der Waals surface area contributed by atoms with Crippen LogP contribution in [0.25, 0.3) is 0 Å².